The highest BCUT2D eigenvalue weighted by molar-refractivity contribution is 14.1. The van der Waals surface area contributed by atoms with Crippen molar-refractivity contribution in [3.05, 3.63) is 32.4 Å². The van der Waals surface area contributed by atoms with E-state index in [1.54, 1.807) is 11.0 Å². The molecule has 98 valence electrons. The summed E-state index contributed by atoms with van der Waals surface area (Å²) in [7, 11) is 1.85. The molecular weight excluding hydrogens is 365 g/mol. The number of carbonyl (C=O) groups excluding carboxylic acids is 1. The third-order valence-electron chi connectivity index (χ3n) is 3.23. The van der Waals surface area contributed by atoms with Crippen LogP contribution in [0.3, 0.4) is 0 Å². The van der Waals surface area contributed by atoms with E-state index in [0.29, 0.717) is 10.6 Å². The van der Waals surface area contributed by atoms with E-state index in [4.69, 9.17) is 16.3 Å². The van der Waals surface area contributed by atoms with Crippen LogP contribution in [0.1, 0.15) is 23.2 Å². The molecule has 0 atom stereocenters. The van der Waals surface area contributed by atoms with E-state index in [1.165, 1.54) is 0 Å². The molecular formula is C13H15ClINO2. The lowest BCUT2D eigenvalue weighted by atomic mass is 10.1. The number of benzene rings is 1. The molecule has 1 heterocycles. The van der Waals surface area contributed by atoms with Crippen molar-refractivity contribution in [2.75, 3.05) is 20.3 Å². The monoisotopic (exact) mass is 379 g/mol. The van der Waals surface area contributed by atoms with Crippen LogP contribution in [-0.2, 0) is 4.74 Å². The highest BCUT2D eigenvalue weighted by atomic mass is 127. The van der Waals surface area contributed by atoms with Gasteiger partial charge in [0, 0.05) is 35.4 Å². The molecule has 5 heteroatoms. The van der Waals surface area contributed by atoms with Crippen molar-refractivity contribution in [2.24, 2.45) is 0 Å². The van der Waals surface area contributed by atoms with Gasteiger partial charge < -0.3 is 9.64 Å². The van der Waals surface area contributed by atoms with Crippen molar-refractivity contribution >= 4 is 40.1 Å². The summed E-state index contributed by atoms with van der Waals surface area (Å²) in [6.07, 6.45) is 1.81. The largest absolute Gasteiger partial charge is 0.381 e. The van der Waals surface area contributed by atoms with Gasteiger partial charge >= 0.3 is 0 Å². The molecule has 0 spiro atoms. The first-order chi connectivity index (χ1) is 8.59. The highest BCUT2D eigenvalue weighted by Crippen LogP contribution is 2.22. The van der Waals surface area contributed by atoms with Crippen LogP contribution in [0, 0.1) is 3.57 Å². The maximum Gasteiger partial charge on any atom is 0.253 e. The first-order valence-electron chi connectivity index (χ1n) is 5.89. The Morgan fingerprint density at radius 3 is 2.72 bits per heavy atom. The molecule has 1 fully saturated rings. The van der Waals surface area contributed by atoms with E-state index in [-0.39, 0.29) is 11.9 Å². The molecule has 1 aliphatic heterocycles. The van der Waals surface area contributed by atoms with E-state index in [9.17, 15) is 4.79 Å². The molecule has 0 radical (unpaired) electrons. The summed E-state index contributed by atoms with van der Waals surface area (Å²) in [5.74, 6) is 0.0280. The van der Waals surface area contributed by atoms with Crippen molar-refractivity contribution in [3.8, 4) is 0 Å². The molecule has 0 aliphatic carbocycles. The summed E-state index contributed by atoms with van der Waals surface area (Å²) in [6.45, 7) is 1.46. The fourth-order valence-electron chi connectivity index (χ4n) is 2.07. The molecule has 18 heavy (non-hydrogen) atoms. The molecule has 3 nitrogen and oxygen atoms in total. The summed E-state index contributed by atoms with van der Waals surface area (Å²) in [5.41, 5.74) is 0.648. The number of amides is 1. The summed E-state index contributed by atoms with van der Waals surface area (Å²) in [4.78, 5) is 14.1. The Balaban J connectivity index is 2.11. The third kappa shape index (κ3) is 3.16. The number of hydrogen-bond donors (Lipinski definition) is 0. The van der Waals surface area contributed by atoms with Crippen molar-refractivity contribution < 1.29 is 9.53 Å². The van der Waals surface area contributed by atoms with Gasteiger partial charge in [0.2, 0.25) is 0 Å². The standard InChI is InChI=1S/C13H15ClINO2/c1-16(10-4-6-18-7-5-10)13(17)9-2-3-12(15)11(14)8-9/h2-3,8,10H,4-7H2,1H3. The maximum absolute atomic E-state index is 12.3. The molecule has 0 unspecified atom stereocenters. The first kappa shape index (κ1) is 14.1. The van der Waals surface area contributed by atoms with Crippen molar-refractivity contribution in [1.29, 1.82) is 0 Å². The Morgan fingerprint density at radius 2 is 2.11 bits per heavy atom. The Labute approximate surface area is 126 Å². The van der Waals surface area contributed by atoms with Gasteiger partial charge in [-0.25, -0.2) is 0 Å². The van der Waals surface area contributed by atoms with Gasteiger partial charge in [0.1, 0.15) is 0 Å². The van der Waals surface area contributed by atoms with Gasteiger partial charge in [-0.15, -0.1) is 0 Å². The Kier molecular flexibility index (Phi) is 4.86. The molecule has 0 N–H and O–H groups in total. The summed E-state index contributed by atoms with van der Waals surface area (Å²) in [6, 6.07) is 5.70. The first-order valence-corrected chi connectivity index (χ1v) is 7.35. The van der Waals surface area contributed by atoms with Crippen LogP contribution in [0.4, 0.5) is 0 Å². The molecule has 1 aliphatic rings. The smallest absolute Gasteiger partial charge is 0.253 e. The minimum absolute atomic E-state index is 0.0280. The second-order valence-electron chi connectivity index (χ2n) is 4.39. The van der Waals surface area contributed by atoms with Gasteiger partial charge in [0.15, 0.2) is 0 Å². The highest BCUT2D eigenvalue weighted by Gasteiger charge is 2.23. The fourth-order valence-corrected chi connectivity index (χ4v) is 2.59. The van der Waals surface area contributed by atoms with Gasteiger partial charge in [0.05, 0.1) is 5.02 Å². The van der Waals surface area contributed by atoms with Crippen molar-refractivity contribution in [2.45, 2.75) is 18.9 Å². The predicted octanol–water partition coefficient (Wildman–Crippen LogP) is 3.20. The Hall–Kier alpha value is -0.330. The van der Waals surface area contributed by atoms with E-state index < -0.39 is 0 Å². The third-order valence-corrected chi connectivity index (χ3v) is 4.80. The molecule has 1 aromatic carbocycles. The van der Waals surface area contributed by atoms with Gasteiger partial charge in [-0.3, -0.25) is 4.79 Å². The van der Waals surface area contributed by atoms with Crippen LogP contribution >= 0.6 is 34.2 Å². The average Bonchev–Trinajstić information content (AvgIpc) is 2.41. The minimum atomic E-state index is 0.0280. The van der Waals surface area contributed by atoms with Gasteiger partial charge in [0.25, 0.3) is 5.91 Å². The molecule has 2 rings (SSSR count). The predicted molar refractivity (Wildman–Crippen MR) is 80.1 cm³/mol. The number of hydrogen-bond acceptors (Lipinski definition) is 2. The summed E-state index contributed by atoms with van der Waals surface area (Å²) < 4.78 is 6.27. The van der Waals surface area contributed by atoms with Crippen LogP contribution < -0.4 is 0 Å². The lowest BCUT2D eigenvalue weighted by Gasteiger charge is -2.31. The number of rotatable bonds is 2. The zero-order chi connectivity index (χ0) is 13.1. The SMILES string of the molecule is CN(C(=O)c1ccc(I)c(Cl)c1)C1CCOCC1. The molecule has 0 saturated carbocycles. The lowest BCUT2D eigenvalue weighted by molar-refractivity contribution is 0.0362. The summed E-state index contributed by atoms with van der Waals surface area (Å²) in [5, 5.41) is 0.627. The lowest BCUT2D eigenvalue weighted by Crippen LogP contribution is -2.40. The number of carbonyl (C=O) groups is 1. The van der Waals surface area contributed by atoms with E-state index in [2.05, 4.69) is 22.6 Å². The van der Waals surface area contributed by atoms with E-state index >= 15 is 0 Å². The van der Waals surface area contributed by atoms with Crippen LogP contribution in [-0.4, -0.2) is 37.1 Å². The Morgan fingerprint density at radius 1 is 1.44 bits per heavy atom. The number of nitrogens with zero attached hydrogens (tertiary/aromatic N) is 1. The zero-order valence-electron chi connectivity index (χ0n) is 10.2. The van der Waals surface area contributed by atoms with Gasteiger partial charge in [-0.05, 0) is 53.6 Å². The quantitative estimate of drug-likeness (QED) is 0.739. The Bertz CT molecular complexity index is 447. The zero-order valence-corrected chi connectivity index (χ0v) is 13.1. The molecule has 0 aromatic heterocycles. The van der Waals surface area contributed by atoms with Crippen molar-refractivity contribution in [1.82, 2.24) is 4.90 Å². The second kappa shape index (κ2) is 6.21. The van der Waals surface area contributed by atoms with Crippen molar-refractivity contribution in [3.63, 3.8) is 0 Å². The number of ether oxygens (including phenoxy) is 1. The van der Waals surface area contributed by atoms with E-state index in [1.807, 2.05) is 19.2 Å². The maximum atomic E-state index is 12.3. The van der Waals surface area contributed by atoms with Crippen LogP contribution in [0.5, 0.6) is 0 Å². The van der Waals surface area contributed by atoms with Gasteiger partial charge in [-0.2, -0.15) is 0 Å². The average molecular weight is 380 g/mol. The minimum Gasteiger partial charge on any atom is -0.381 e. The molecule has 1 aromatic rings. The van der Waals surface area contributed by atoms with Crippen LogP contribution in [0.15, 0.2) is 18.2 Å². The molecule has 1 amide bonds. The molecule has 1 saturated heterocycles. The fraction of sp³-hybridized carbons (Fsp3) is 0.462. The normalized spacial score (nSPS) is 16.6. The molecule has 0 bridgehead atoms. The topological polar surface area (TPSA) is 29.5 Å². The second-order valence-corrected chi connectivity index (χ2v) is 5.96. The van der Waals surface area contributed by atoms with Crippen LogP contribution in [0.25, 0.3) is 0 Å². The van der Waals surface area contributed by atoms with Crippen LogP contribution in [0.2, 0.25) is 5.02 Å². The van der Waals surface area contributed by atoms with Gasteiger partial charge in [-0.1, -0.05) is 11.6 Å². The number of halogens is 2. The summed E-state index contributed by atoms with van der Waals surface area (Å²) >= 11 is 8.20. The van der Waals surface area contributed by atoms with E-state index in [0.717, 1.165) is 29.6 Å².